The quantitative estimate of drug-likeness (QED) is 0.659. The molecule has 0 spiro atoms. The summed E-state index contributed by atoms with van der Waals surface area (Å²) in [6.07, 6.45) is 6.77. The third-order valence-corrected chi connectivity index (χ3v) is 1.64. The van der Waals surface area contributed by atoms with Crippen LogP contribution < -0.4 is 0 Å². The maximum atomic E-state index is 5.46. The normalized spacial score (nSPS) is 13.3. The van der Waals surface area contributed by atoms with Crippen molar-refractivity contribution in [1.29, 1.82) is 0 Å². The molecule has 0 aliphatic heterocycles. The Morgan fingerprint density at radius 1 is 1.64 bits per heavy atom. The van der Waals surface area contributed by atoms with Gasteiger partial charge < -0.3 is 9.30 Å². The van der Waals surface area contributed by atoms with E-state index >= 15 is 0 Å². The first-order chi connectivity index (χ1) is 5.33. The molecule has 0 saturated carbocycles. The molecule has 0 saturated heterocycles. The zero-order chi connectivity index (χ0) is 8.10. The highest BCUT2D eigenvalue weighted by molar-refractivity contribution is 4.72. The second-order valence-corrected chi connectivity index (χ2v) is 2.59. The smallest absolute Gasteiger partial charge is 0.124 e. The zero-order valence-electron chi connectivity index (χ0n) is 7.03. The van der Waals surface area contributed by atoms with Gasteiger partial charge in [-0.25, -0.2) is 4.98 Å². The molecule has 3 heteroatoms. The largest absolute Gasteiger partial charge is 0.358 e. The van der Waals surface area contributed by atoms with Crippen LogP contribution in [0.5, 0.6) is 0 Å². The summed E-state index contributed by atoms with van der Waals surface area (Å²) < 4.78 is 7.37. The van der Waals surface area contributed by atoms with Crippen molar-refractivity contribution in [3.8, 4) is 0 Å². The molecule has 0 bridgehead atoms. The van der Waals surface area contributed by atoms with Gasteiger partial charge in [0, 0.05) is 12.4 Å². The lowest BCUT2D eigenvalue weighted by Crippen LogP contribution is -2.09. The zero-order valence-corrected chi connectivity index (χ0v) is 7.03. The van der Waals surface area contributed by atoms with Crippen molar-refractivity contribution in [2.45, 2.75) is 33.1 Å². The second-order valence-electron chi connectivity index (χ2n) is 2.59. The molecule has 62 valence electrons. The molecule has 1 heterocycles. The van der Waals surface area contributed by atoms with Gasteiger partial charge in [-0.1, -0.05) is 6.92 Å². The van der Waals surface area contributed by atoms with E-state index in [0.717, 1.165) is 6.42 Å². The van der Waals surface area contributed by atoms with Crippen LogP contribution in [0, 0.1) is 0 Å². The molecule has 0 amide bonds. The van der Waals surface area contributed by atoms with E-state index in [1.165, 1.54) is 0 Å². The third-order valence-electron chi connectivity index (χ3n) is 1.64. The molecule has 0 N–H and O–H groups in total. The van der Waals surface area contributed by atoms with E-state index in [1.807, 2.05) is 10.8 Å². The Balaban J connectivity index is 2.23. The van der Waals surface area contributed by atoms with Crippen molar-refractivity contribution in [3.05, 3.63) is 18.7 Å². The first kappa shape index (κ1) is 8.27. The highest BCUT2D eigenvalue weighted by atomic mass is 16.5. The van der Waals surface area contributed by atoms with E-state index in [9.17, 15) is 0 Å². The average Bonchev–Trinajstić information content (AvgIpc) is 2.52. The Kier molecular flexibility index (Phi) is 3.11. The van der Waals surface area contributed by atoms with Crippen LogP contribution in [0.2, 0.25) is 0 Å². The molecular weight excluding hydrogens is 140 g/mol. The summed E-state index contributed by atoms with van der Waals surface area (Å²) in [5, 5.41) is 0. The van der Waals surface area contributed by atoms with Crippen LogP contribution in [-0.4, -0.2) is 15.7 Å². The van der Waals surface area contributed by atoms with Gasteiger partial charge in [0.2, 0.25) is 0 Å². The molecule has 11 heavy (non-hydrogen) atoms. The number of rotatable bonds is 4. The van der Waals surface area contributed by atoms with Gasteiger partial charge in [-0.2, -0.15) is 0 Å². The number of aromatic nitrogens is 2. The van der Waals surface area contributed by atoms with Gasteiger partial charge in [-0.3, -0.25) is 0 Å². The van der Waals surface area contributed by atoms with Crippen molar-refractivity contribution in [3.63, 3.8) is 0 Å². The van der Waals surface area contributed by atoms with Crippen LogP contribution in [0.3, 0.4) is 0 Å². The van der Waals surface area contributed by atoms with E-state index < -0.39 is 0 Å². The second kappa shape index (κ2) is 4.13. The van der Waals surface area contributed by atoms with Gasteiger partial charge in [0.25, 0.3) is 0 Å². The Morgan fingerprint density at radius 2 is 2.45 bits per heavy atom. The number of hydrogen-bond donors (Lipinski definition) is 0. The highest BCUT2D eigenvalue weighted by Gasteiger charge is 1.96. The van der Waals surface area contributed by atoms with Crippen molar-refractivity contribution >= 4 is 0 Å². The van der Waals surface area contributed by atoms with E-state index in [1.54, 1.807) is 12.5 Å². The molecule has 1 atom stereocenters. The third kappa shape index (κ3) is 2.72. The summed E-state index contributed by atoms with van der Waals surface area (Å²) in [5.41, 5.74) is 0. The molecule has 0 fully saturated rings. The van der Waals surface area contributed by atoms with Crippen LogP contribution in [0.1, 0.15) is 20.3 Å². The molecule has 3 nitrogen and oxygen atoms in total. The monoisotopic (exact) mass is 154 g/mol. The lowest BCUT2D eigenvalue weighted by molar-refractivity contribution is 0.0160. The number of imidazole rings is 1. The van der Waals surface area contributed by atoms with Crippen LogP contribution in [0.4, 0.5) is 0 Å². The van der Waals surface area contributed by atoms with E-state index in [4.69, 9.17) is 4.74 Å². The number of ether oxygens (including phenoxy) is 1. The van der Waals surface area contributed by atoms with Crippen LogP contribution >= 0.6 is 0 Å². The van der Waals surface area contributed by atoms with Crippen LogP contribution in [0.15, 0.2) is 18.7 Å². The summed E-state index contributed by atoms with van der Waals surface area (Å²) in [7, 11) is 0. The molecule has 0 aliphatic carbocycles. The van der Waals surface area contributed by atoms with Crippen LogP contribution in [-0.2, 0) is 11.5 Å². The van der Waals surface area contributed by atoms with Gasteiger partial charge in [0.15, 0.2) is 0 Å². The van der Waals surface area contributed by atoms with E-state index in [2.05, 4.69) is 18.8 Å². The molecule has 0 aromatic carbocycles. The molecular formula is C8H14N2O. The standard InChI is InChI=1S/C8H14N2O/c1-3-8(2)11-7-10-5-4-9-6-10/h4-6,8H,3,7H2,1-2H3. The number of nitrogens with zero attached hydrogens (tertiary/aromatic N) is 2. The van der Waals surface area contributed by atoms with Crippen molar-refractivity contribution in [2.24, 2.45) is 0 Å². The highest BCUT2D eigenvalue weighted by Crippen LogP contribution is 1.97. The topological polar surface area (TPSA) is 27.1 Å². The molecule has 1 unspecified atom stereocenters. The number of hydrogen-bond acceptors (Lipinski definition) is 2. The van der Waals surface area contributed by atoms with Crippen molar-refractivity contribution in [1.82, 2.24) is 9.55 Å². The first-order valence-corrected chi connectivity index (χ1v) is 3.90. The fraction of sp³-hybridized carbons (Fsp3) is 0.625. The van der Waals surface area contributed by atoms with Crippen molar-refractivity contribution in [2.75, 3.05) is 0 Å². The van der Waals surface area contributed by atoms with E-state index in [-0.39, 0.29) is 0 Å². The Bertz CT molecular complexity index is 184. The minimum Gasteiger partial charge on any atom is -0.358 e. The predicted molar refractivity (Wildman–Crippen MR) is 43.1 cm³/mol. The van der Waals surface area contributed by atoms with Gasteiger partial charge in [0.1, 0.15) is 6.73 Å². The van der Waals surface area contributed by atoms with E-state index in [0.29, 0.717) is 12.8 Å². The molecule has 1 rings (SSSR count). The van der Waals surface area contributed by atoms with Gasteiger partial charge >= 0.3 is 0 Å². The van der Waals surface area contributed by atoms with Crippen molar-refractivity contribution < 1.29 is 4.74 Å². The SMILES string of the molecule is CCC(C)OCn1ccnc1. The van der Waals surface area contributed by atoms with Gasteiger partial charge in [-0.05, 0) is 13.3 Å². The molecule has 1 aromatic heterocycles. The Morgan fingerprint density at radius 3 is 3.00 bits per heavy atom. The summed E-state index contributed by atoms with van der Waals surface area (Å²) in [6, 6.07) is 0. The molecule has 0 aliphatic rings. The maximum absolute atomic E-state index is 5.46. The summed E-state index contributed by atoms with van der Waals surface area (Å²) in [5.74, 6) is 0. The van der Waals surface area contributed by atoms with Crippen LogP contribution in [0.25, 0.3) is 0 Å². The lowest BCUT2D eigenvalue weighted by Gasteiger charge is -2.10. The Hall–Kier alpha value is -0.830. The Labute approximate surface area is 67.0 Å². The van der Waals surface area contributed by atoms with Gasteiger partial charge in [-0.15, -0.1) is 0 Å². The fourth-order valence-electron chi connectivity index (χ4n) is 0.694. The summed E-state index contributed by atoms with van der Waals surface area (Å²) >= 11 is 0. The van der Waals surface area contributed by atoms with Gasteiger partial charge in [0.05, 0.1) is 12.4 Å². The minimum absolute atomic E-state index is 0.331. The lowest BCUT2D eigenvalue weighted by atomic mass is 10.3. The maximum Gasteiger partial charge on any atom is 0.124 e. The first-order valence-electron chi connectivity index (χ1n) is 3.90. The predicted octanol–water partition coefficient (Wildman–Crippen LogP) is 1.66. The average molecular weight is 154 g/mol. The summed E-state index contributed by atoms with van der Waals surface area (Å²) in [4.78, 5) is 3.91. The fourth-order valence-corrected chi connectivity index (χ4v) is 0.694. The molecule has 0 radical (unpaired) electrons. The minimum atomic E-state index is 0.331. The molecule has 1 aromatic rings. The summed E-state index contributed by atoms with van der Waals surface area (Å²) in [6.45, 7) is 4.78.